The van der Waals surface area contributed by atoms with Gasteiger partial charge >= 0.3 is 5.97 Å². The van der Waals surface area contributed by atoms with E-state index in [0.717, 1.165) is 12.1 Å². The van der Waals surface area contributed by atoms with Gasteiger partial charge < -0.3 is 20.1 Å². The van der Waals surface area contributed by atoms with E-state index >= 15 is 0 Å². The topological polar surface area (TPSA) is 87.0 Å². The lowest BCUT2D eigenvalue weighted by atomic mass is 10.1. The SMILES string of the molecule is CC(C)(C)OC(=O)c1cc(O)c(O)c(O)c1. The van der Waals surface area contributed by atoms with Gasteiger partial charge in [-0.3, -0.25) is 0 Å². The molecule has 16 heavy (non-hydrogen) atoms. The molecule has 0 amide bonds. The van der Waals surface area contributed by atoms with Crippen LogP contribution in [0.15, 0.2) is 12.1 Å². The van der Waals surface area contributed by atoms with E-state index in [9.17, 15) is 15.0 Å². The molecule has 0 fully saturated rings. The minimum atomic E-state index is -0.682. The molecule has 1 aromatic carbocycles. The second-order valence-electron chi connectivity index (χ2n) is 4.36. The van der Waals surface area contributed by atoms with E-state index in [2.05, 4.69) is 0 Å². The standard InChI is InChI=1S/C11H14O5/c1-11(2,3)16-10(15)6-4-7(12)9(14)8(13)5-6/h4-5,12-14H,1-3H3. The number of benzene rings is 1. The molecule has 0 aliphatic heterocycles. The number of carbonyl (C=O) groups is 1. The summed E-state index contributed by atoms with van der Waals surface area (Å²) >= 11 is 0. The minimum absolute atomic E-state index is 0.0253. The van der Waals surface area contributed by atoms with Gasteiger partial charge in [-0.15, -0.1) is 0 Å². The highest BCUT2D eigenvalue weighted by Crippen LogP contribution is 2.35. The highest BCUT2D eigenvalue weighted by molar-refractivity contribution is 5.91. The highest BCUT2D eigenvalue weighted by atomic mass is 16.6. The van der Waals surface area contributed by atoms with Crippen LogP contribution in [0.2, 0.25) is 0 Å². The van der Waals surface area contributed by atoms with Crippen molar-refractivity contribution in [1.82, 2.24) is 0 Å². The van der Waals surface area contributed by atoms with Crippen LogP contribution < -0.4 is 0 Å². The molecular formula is C11H14O5. The Morgan fingerprint density at radius 1 is 1.12 bits per heavy atom. The summed E-state index contributed by atoms with van der Waals surface area (Å²) in [5.41, 5.74) is -0.692. The Hall–Kier alpha value is -1.91. The second kappa shape index (κ2) is 3.92. The van der Waals surface area contributed by atoms with Crippen molar-refractivity contribution in [2.24, 2.45) is 0 Å². The monoisotopic (exact) mass is 226 g/mol. The summed E-state index contributed by atoms with van der Waals surface area (Å²) in [5.74, 6) is -2.48. The first-order valence-corrected chi connectivity index (χ1v) is 4.69. The fourth-order valence-electron chi connectivity index (χ4n) is 1.06. The summed E-state index contributed by atoms with van der Waals surface area (Å²) in [5, 5.41) is 27.5. The zero-order valence-corrected chi connectivity index (χ0v) is 9.31. The van der Waals surface area contributed by atoms with Crippen molar-refractivity contribution < 1.29 is 24.9 Å². The smallest absolute Gasteiger partial charge is 0.338 e. The molecule has 0 bridgehead atoms. The van der Waals surface area contributed by atoms with Crippen molar-refractivity contribution in [3.8, 4) is 17.2 Å². The molecule has 0 saturated heterocycles. The maximum absolute atomic E-state index is 11.5. The fraction of sp³-hybridized carbons (Fsp3) is 0.364. The highest BCUT2D eigenvalue weighted by Gasteiger charge is 2.20. The summed E-state index contributed by atoms with van der Waals surface area (Å²) in [6.45, 7) is 5.10. The Bertz CT molecular complexity index is 394. The molecule has 0 aliphatic carbocycles. The van der Waals surface area contributed by atoms with Crippen LogP contribution in [0.25, 0.3) is 0 Å². The van der Waals surface area contributed by atoms with Crippen LogP contribution in [-0.4, -0.2) is 26.9 Å². The first-order chi connectivity index (χ1) is 7.20. The molecule has 0 atom stereocenters. The summed E-state index contributed by atoms with van der Waals surface area (Å²) in [6, 6.07) is 2.06. The van der Waals surface area contributed by atoms with E-state index < -0.39 is 28.8 Å². The maximum Gasteiger partial charge on any atom is 0.338 e. The number of rotatable bonds is 1. The molecule has 1 aromatic rings. The first-order valence-electron chi connectivity index (χ1n) is 4.69. The Balaban J connectivity index is 3.02. The number of phenolic OH excluding ortho intramolecular Hbond substituents is 3. The molecular weight excluding hydrogens is 212 g/mol. The van der Waals surface area contributed by atoms with Gasteiger partial charge in [-0.05, 0) is 32.9 Å². The van der Waals surface area contributed by atoms with E-state index in [4.69, 9.17) is 9.84 Å². The number of phenols is 3. The average Bonchev–Trinajstić information content (AvgIpc) is 2.10. The molecule has 0 aliphatic rings. The second-order valence-corrected chi connectivity index (χ2v) is 4.36. The van der Waals surface area contributed by atoms with Crippen LogP contribution in [0, 0.1) is 0 Å². The van der Waals surface area contributed by atoms with Crippen LogP contribution in [-0.2, 0) is 4.74 Å². The van der Waals surface area contributed by atoms with Crippen molar-refractivity contribution in [3.05, 3.63) is 17.7 Å². The minimum Gasteiger partial charge on any atom is -0.504 e. The molecule has 5 heteroatoms. The van der Waals surface area contributed by atoms with E-state index in [1.807, 2.05) is 0 Å². The maximum atomic E-state index is 11.5. The Morgan fingerprint density at radius 3 is 1.94 bits per heavy atom. The molecule has 0 unspecified atom stereocenters. The van der Waals surface area contributed by atoms with E-state index in [1.54, 1.807) is 20.8 Å². The fourth-order valence-corrected chi connectivity index (χ4v) is 1.06. The van der Waals surface area contributed by atoms with Gasteiger partial charge in [0, 0.05) is 0 Å². The normalized spacial score (nSPS) is 11.2. The summed E-state index contributed by atoms with van der Waals surface area (Å²) in [4.78, 5) is 11.5. The van der Waals surface area contributed by atoms with E-state index in [-0.39, 0.29) is 5.56 Å². The molecule has 3 N–H and O–H groups in total. The molecule has 0 aromatic heterocycles. The molecule has 88 valence electrons. The lowest BCUT2D eigenvalue weighted by Crippen LogP contribution is -2.23. The number of esters is 1. The molecule has 0 spiro atoms. The Kier molecular flexibility index (Phi) is 2.98. The number of hydrogen-bond donors (Lipinski definition) is 3. The molecule has 0 saturated carbocycles. The van der Waals surface area contributed by atoms with Crippen molar-refractivity contribution in [2.45, 2.75) is 26.4 Å². The van der Waals surface area contributed by atoms with Crippen LogP contribution in [0.4, 0.5) is 0 Å². The average molecular weight is 226 g/mol. The van der Waals surface area contributed by atoms with Gasteiger partial charge in [-0.1, -0.05) is 0 Å². The molecule has 1 rings (SSSR count). The third kappa shape index (κ3) is 2.79. The van der Waals surface area contributed by atoms with Crippen LogP contribution in [0.5, 0.6) is 17.2 Å². The third-order valence-electron chi connectivity index (χ3n) is 1.70. The lowest BCUT2D eigenvalue weighted by Gasteiger charge is -2.19. The first kappa shape index (κ1) is 12.2. The number of aromatic hydroxyl groups is 3. The number of carbonyl (C=O) groups excluding carboxylic acids is 1. The van der Waals surface area contributed by atoms with Gasteiger partial charge in [0.05, 0.1) is 5.56 Å². The van der Waals surface area contributed by atoms with E-state index in [1.165, 1.54) is 0 Å². The zero-order valence-electron chi connectivity index (χ0n) is 9.31. The molecule has 0 radical (unpaired) electrons. The Morgan fingerprint density at radius 2 is 1.56 bits per heavy atom. The zero-order chi connectivity index (χ0) is 12.5. The predicted molar refractivity (Wildman–Crippen MR) is 56.6 cm³/mol. The quantitative estimate of drug-likeness (QED) is 0.501. The number of ether oxygens (including phenoxy) is 1. The van der Waals surface area contributed by atoms with Crippen molar-refractivity contribution in [3.63, 3.8) is 0 Å². The van der Waals surface area contributed by atoms with Crippen molar-refractivity contribution >= 4 is 5.97 Å². The van der Waals surface area contributed by atoms with Gasteiger partial charge in [-0.25, -0.2) is 4.79 Å². The summed E-state index contributed by atoms with van der Waals surface area (Å²) in [7, 11) is 0. The lowest BCUT2D eigenvalue weighted by molar-refractivity contribution is 0.00686. The van der Waals surface area contributed by atoms with Gasteiger partial charge in [0.1, 0.15) is 5.60 Å². The van der Waals surface area contributed by atoms with Crippen molar-refractivity contribution in [2.75, 3.05) is 0 Å². The summed E-state index contributed by atoms with van der Waals surface area (Å²) < 4.78 is 5.03. The van der Waals surface area contributed by atoms with Gasteiger partial charge in [0.2, 0.25) is 0 Å². The third-order valence-corrected chi connectivity index (χ3v) is 1.70. The van der Waals surface area contributed by atoms with Gasteiger partial charge in [-0.2, -0.15) is 0 Å². The predicted octanol–water partition coefficient (Wildman–Crippen LogP) is 1.76. The van der Waals surface area contributed by atoms with Gasteiger partial charge in [0.25, 0.3) is 0 Å². The van der Waals surface area contributed by atoms with Crippen LogP contribution >= 0.6 is 0 Å². The molecule has 5 nitrogen and oxygen atoms in total. The van der Waals surface area contributed by atoms with Crippen LogP contribution in [0.1, 0.15) is 31.1 Å². The van der Waals surface area contributed by atoms with Crippen molar-refractivity contribution in [1.29, 1.82) is 0 Å². The Labute approximate surface area is 92.9 Å². The molecule has 0 heterocycles. The van der Waals surface area contributed by atoms with Crippen LogP contribution in [0.3, 0.4) is 0 Å². The summed E-state index contributed by atoms with van der Waals surface area (Å²) in [6.07, 6.45) is 0. The van der Waals surface area contributed by atoms with Gasteiger partial charge in [0.15, 0.2) is 17.2 Å². The van der Waals surface area contributed by atoms with E-state index in [0.29, 0.717) is 0 Å². The largest absolute Gasteiger partial charge is 0.504 e. The number of hydrogen-bond acceptors (Lipinski definition) is 5.